The monoisotopic (exact) mass is 318 g/mol. The lowest BCUT2D eigenvalue weighted by Gasteiger charge is -2.08. The highest BCUT2D eigenvalue weighted by atomic mass is 15.3. The normalized spacial score (nSPS) is 14.2. The van der Waals surface area contributed by atoms with Crippen LogP contribution in [0, 0.1) is 0 Å². The first-order valence-electron chi connectivity index (χ1n) is 8.50. The van der Waals surface area contributed by atoms with Crippen LogP contribution in [0.1, 0.15) is 16.8 Å². The molecule has 0 saturated carbocycles. The third-order valence-electron chi connectivity index (χ3n) is 4.62. The minimum atomic E-state index is 0.787. The second-order valence-corrected chi connectivity index (χ2v) is 6.29. The molecule has 2 heterocycles. The Morgan fingerprint density at radius 3 is 2.50 bits per heavy atom. The van der Waals surface area contributed by atoms with Crippen LogP contribution < -0.4 is 11.1 Å². The van der Waals surface area contributed by atoms with Crippen molar-refractivity contribution in [3.05, 3.63) is 71.4 Å². The van der Waals surface area contributed by atoms with Crippen LogP contribution in [0.25, 0.3) is 11.3 Å². The smallest absolute Gasteiger partial charge is 0.0958 e. The molecule has 0 aliphatic carbocycles. The Morgan fingerprint density at radius 2 is 1.71 bits per heavy atom. The summed E-state index contributed by atoms with van der Waals surface area (Å²) in [4.78, 5) is 0. The van der Waals surface area contributed by atoms with Gasteiger partial charge in [-0.15, -0.1) is 0 Å². The first-order valence-corrected chi connectivity index (χ1v) is 8.50. The Bertz CT molecular complexity index is 819. The predicted molar refractivity (Wildman–Crippen MR) is 97.9 cm³/mol. The predicted octanol–water partition coefficient (Wildman–Crippen LogP) is 2.87. The molecule has 0 bridgehead atoms. The fraction of sp³-hybridized carbons (Fsp3) is 0.250. The maximum absolute atomic E-state index is 5.80. The van der Waals surface area contributed by atoms with E-state index < -0.39 is 0 Å². The Kier molecular flexibility index (Phi) is 4.05. The molecule has 4 nitrogen and oxygen atoms in total. The van der Waals surface area contributed by atoms with Crippen molar-refractivity contribution in [3.63, 3.8) is 0 Å². The van der Waals surface area contributed by atoms with E-state index in [1.807, 2.05) is 12.1 Å². The van der Waals surface area contributed by atoms with Gasteiger partial charge in [0.1, 0.15) is 0 Å². The van der Waals surface area contributed by atoms with Crippen molar-refractivity contribution in [2.24, 2.45) is 0 Å². The van der Waals surface area contributed by atoms with Gasteiger partial charge in [-0.25, -0.2) is 0 Å². The van der Waals surface area contributed by atoms with Gasteiger partial charge < -0.3 is 11.1 Å². The molecule has 0 radical (unpaired) electrons. The summed E-state index contributed by atoms with van der Waals surface area (Å²) >= 11 is 0. The summed E-state index contributed by atoms with van der Waals surface area (Å²) in [5.41, 5.74) is 12.9. The number of hydrogen-bond donors (Lipinski definition) is 2. The van der Waals surface area contributed by atoms with Crippen LogP contribution in [0.15, 0.2) is 54.6 Å². The largest absolute Gasteiger partial charge is 0.399 e. The fourth-order valence-corrected chi connectivity index (χ4v) is 3.38. The second-order valence-electron chi connectivity index (χ2n) is 6.29. The topological polar surface area (TPSA) is 55.9 Å². The zero-order valence-electron chi connectivity index (χ0n) is 13.7. The van der Waals surface area contributed by atoms with Crippen LogP contribution in [-0.2, 0) is 19.4 Å². The van der Waals surface area contributed by atoms with Crippen molar-refractivity contribution < 1.29 is 0 Å². The van der Waals surface area contributed by atoms with Gasteiger partial charge in [0, 0.05) is 35.5 Å². The van der Waals surface area contributed by atoms with Gasteiger partial charge >= 0.3 is 0 Å². The number of nitrogens with zero attached hydrogens (tertiary/aromatic N) is 2. The van der Waals surface area contributed by atoms with Crippen molar-refractivity contribution in [1.29, 1.82) is 0 Å². The first kappa shape index (κ1) is 15.0. The number of benzene rings is 2. The molecular weight excluding hydrogens is 296 g/mol. The van der Waals surface area contributed by atoms with Gasteiger partial charge in [0.25, 0.3) is 0 Å². The summed E-state index contributed by atoms with van der Waals surface area (Å²) in [6.07, 6.45) is 2.05. The molecule has 0 saturated heterocycles. The van der Waals surface area contributed by atoms with Gasteiger partial charge in [0.2, 0.25) is 0 Å². The van der Waals surface area contributed by atoms with Crippen LogP contribution in [-0.4, -0.2) is 22.9 Å². The molecular formula is C20H22N4. The van der Waals surface area contributed by atoms with Gasteiger partial charge in [0.05, 0.1) is 12.2 Å². The molecule has 0 amide bonds. The zero-order chi connectivity index (χ0) is 16.4. The molecule has 3 N–H and O–H groups in total. The molecule has 2 aromatic carbocycles. The molecule has 1 aliphatic rings. The summed E-state index contributed by atoms with van der Waals surface area (Å²) in [6.45, 7) is 2.81. The van der Waals surface area contributed by atoms with E-state index in [2.05, 4.69) is 52.5 Å². The van der Waals surface area contributed by atoms with Crippen molar-refractivity contribution in [2.75, 3.05) is 18.8 Å². The minimum absolute atomic E-state index is 0.787. The quantitative estimate of drug-likeness (QED) is 0.730. The van der Waals surface area contributed by atoms with Crippen LogP contribution >= 0.6 is 0 Å². The molecule has 0 spiro atoms. The number of nitrogens with one attached hydrogen (secondary N) is 1. The lowest BCUT2D eigenvalue weighted by atomic mass is 10.0. The molecule has 24 heavy (non-hydrogen) atoms. The molecule has 1 aromatic heterocycles. The Hall–Kier alpha value is -2.59. The zero-order valence-corrected chi connectivity index (χ0v) is 13.7. The standard InChI is InChI=1S/C20H22N4/c21-17-8-6-15(7-9-17)14-24-19-11-13-22-12-10-18(19)20(23-24)16-4-2-1-3-5-16/h1-9,22H,10-14,21H2. The van der Waals surface area contributed by atoms with Crippen LogP contribution in [0.4, 0.5) is 5.69 Å². The highest BCUT2D eigenvalue weighted by Gasteiger charge is 2.20. The Labute approximate surface area is 142 Å². The van der Waals surface area contributed by atoms with E-state index >= 15 is 0 Å². The Morgan fingerprint density at radius 1 is 0.958 bits per heavy atom. The molecule has 0 unspecified atom stereocenters. The summed E-state index contributed by atoms with van der Waals surface area (Å²) in [5, 5.41) is 8.48. The van der Waals surface area contributed by atoms with Gasteiger partial charge in [-0.1, -0.05) is 42.5 Å². The average Bonchev–Trinajstić information content (AvgIpc) is 2.80. The lowest BCUT2D eigenvalue weighted by molar-refractivity contribution is 0.629. The van der Waals surface area contributed by atoms with Crippen LogP contribution in [0.2, 0.25) is 0 Å². The Balaban J connectivity index is 1.76. The summed E-state index contributed by atoms with van der Waals surface area (Å²) in [6, 6.07) is 18.6. The van der Waals surface area contributed by atoms with Crippen molar-refractivity contribution in [1.82, 2.24) is 15.1 Å². The van der Waals surface area contributed by atoms with Gasteiger partial charge in [-0.3, -0.25) is 4.68 Å². The number of hydrogen-bond acceptors (Lipinski definition) is 3. The number of fused-ring (bicyclic) bond motifs is 1. The van der Waals surface area contributed by atoms with E-state index in [-0.39, 0.29) is 0 Å². The summed E-state index contributed by atoms with van der Waals surface area (Å²) < 4.78 is 2.18. The molecule has 122 valence electrons. The maximum atomic E-state index is 5.80. The second kappa shape index (κ2) is 6.49. The summed E-state index contributed by atoms with van der Waals surface area (Å²) in [5.74, 6) is 0. The highest BCUT2D eigenvalue weighted by Crippen LogP contribution is 2.27. The molecule has 1 aliphatic heterocycles. The molecule has 0 fully saturated rings. The summed E-state index contributed by atoms with van der Waals surface area (Å²) in [7, 11) is 0. The number of rotatable bonds is 3. The van der Waals surface area contributed by atoms with E-state index in [9.17, 15) is 0 Å². The number of nitrogen functional groups attached to an aromatic ring is 1. The molecule has 0 atom stereocenters. The third-order valence-corrected chi connectivity index (χ3v) is 4.62. The highest BCUT2D eigenvalue weighted by molar-refractivity contribution is 5.64. The lowest BCUT2D eigenvalue weighted by Crippen LogP contribution is -2.17. The van der Waals surface area contributed by atoms with Gasteiger partial charge in [-0.2, -0.15) is 5.10 Å². The molecule has 3 aromatic rings. The van der Waals surface area contributed by atoms with Gasteiger partial charge in [0.15, 0.2) is 0 Å². The molecule has 4 heteroatoms. The van der Waals surface area contributed by atoms with Crippen molar-refractivity contribution >= 4 is 5.69 Å². The minimum Gasteiger partial charge on any atom is -0.399 e. The van der Waals surface area contributed by atoms with E-state index in [0.29, 0.717) is 0 Å². The van der Waals surface area contributed by atoms with E-state index in [1.54, 1.807) is 0 Å². The maximum Gasteiger partial charge on any atom is 0.0958 e. The number of anilines is 1. The van der Waals surface area contributed by atoms with Gasteiger partial charge in [-0.05, 0) is 30.7 Å². The van der Waals surface area contributed by atoms with Crippen LogP contribution in [0.5, 0.6) is 0 Å². The average molecular weight is 318 g/mol. The molecule has 4 rings (SSSR count). The SMILES string of the molecule is Nc1ccc(Cn2nc(-c3ccccc3)c3c2CCNCC3)cc1. The van der Waals surface area contributed by atoms with E-state index in [1.165, 1.54) is 22.4 Å². The number of aromatic nitrogens is 2. The van der Waals surface area contributed by atoms with E-state index in [0.717, 1.165) is 43.9 Å². The third kappa shape index (κ3) is 2.93. The van der Waals surface area contributed by atoms with Crippen LogP contribution in [0.3, 0.4) is 0 Å². The van der Waals surface area contributed by atoms with E-state index in [4.69, 9.17) is 10.8 Å². The fourth-order valence-electron chi connectivity index (χ4n) is 3.38. The van der Waals surface area contributed by atoms with Crippen molar-refractivity contribution in [3.8, 4) is 11.3 Å². The first-order chi connectivity index (χ1) is 11.8. The number of nitrogens with two attached hydrogens (primary N) is 1. The van der Waals surface area contributed by atoms with Crippen molar-refractivity contribution in [2.45, 2.75) is 19.4 Å².